The first-order valence-corrected chi connectivity index (χ1v) is 6.81. The predicted octanol–water partition coefficient (Wildman–Crippen LogP) is 0.990. The van der Waals surface area contributed by atoms with Crippen molar-refractivity contribution in [1.29, 1.82) is 0 Å². The normalized spacial score (nSPS) is 10.5. The first-order valence-electron chi connectivity index (χ1n) is 6.44. The van der Waals surface area contributed by atoms with Crippen LogP contribution in [0.5, 0.6) is 0 Å². The molecule has 1 aromatic carbocycles. The Bertz CT molecular complexity index is 713. The van der Waals surface area contributed by atoms with Crippen LogP contribution in [-0.2, 0) is 11.3 Å². The van der Waals surface area contributed by atoms with Gasteiger partial charge in [-0.1, -0.05) is 23.7 Å². The maximum atomic E-state index is 11.8. The van der Waals surface area contributed by atoms with E-state index in [2.05, 4.69) is 10.3 Å². The molecule has 0 unspecified atom stereocenters. The second kappa shape index (κ2) is 6.61. The minimum absolute atomic E-state index is 0.141. The Kier molecular flexibility index (Phi) is 4.81. The maximum Gasteiger partial charge on any atom is 0.252 e. The number of nitrogens with zero attached hydrogens (tertiary/aromatic N) is 1. The van der Waals surface area contributed by atoms with Gasteiger partial charge in [0.15, 0.2) is 0 Å². The van der Waals surface area contributed by atoms with Gasteiger partial charge in [0.1, 0.15) is 5.82 Å². The molecule has 0 spiro atoms. The Morgan fingerprint density at radius 2 is 2.23 bits per heavy atom. The zero-order valence-corrected chi connectivity index (χ0v) is 12.6. The summed E-state index contributed by atoms with van der Waals surface area (Å²) in [6.07, 6.45) is 0.392. The molecule has 0 radical (unpaired) electrons. The Balaban J connectivity index is 2.72. The number of benzene rings is 1. The van der Waals surface area contributed by atoms with E-state index in [1.807, 2.05) is 6.07 Å². The summed E-state index contributed by atoms with van der Waals surface area (Å²) in [5, 5.41) is 4.30. The van der Waals surface area contributed by atoms with E-state index in [-0.39, 0.29) is 11.4 Å². The van der Waals surface area contributed by atoms with E-state index in [1.165, 1.54) is 0 Å². The van der Waals surface area contributed by atoms with Crippen LogP contribution in [-0.4, -0.2) is 24.3 Å². The molecule has 7 nitrogen and oxygen atoms in total. The van der Waals surface area contributed by atoms with Gasteiger partial charge in [0.05, 0.1) is 11.3 Å². The third kappa shape index (κ3) is 2.96. The molecular weight excluding hydrogens is 306 g/mol. The molecule has 116 valence electrons. The van der Waals surface area contributed by atoms with Crippen molar-refractivity contribution in [3.05, 3.63) is 40.4 Å². The van der Waals surface area contributed by atoms with Crippen LogP contribution < -0.4 is 21.9 Å². The molecule has 2 amide bonds. The second-order valence-electron chi connectivity index (χ2n) is 4.62. The van der Waals surface area contributed by atoms with E-state index >= 15 is 0 Å². The lowest BCUT2D eigenvalue weighted by Crippen LogP contribution is -2.31. The van der Waals surface area contributed by atoms with E-state index in [0.717, 1.165) is 10.6 Å². The van der Waals surface area contributed by atoms with Gasteiger partial charge in [-0.25, -0.2) is 10.9 Å². The van der Waals surface area contributed by atoms with Gasteiger partial charge in [-0.05, 0) is 24.7 Å². The van der Waals surface area contributed by atoms with Gasteiger partial charge < -0.3 is 16.0 Å². The Morgan fingerprint density at radius 3 is 2.77 bits per heavy atom. The molecule has 0 bridgehead atoms. The second-order valence-corrected chi connectivity index (χ2v) is 5.06. The number of carbonyl (C=O) groups excluding carboxylic acids is 2. The summed E-state index contributed by atoms with van der Waals surface area (Å²) >= 11 is 6.01. The molecule has 1 aromatic heterocycles. The number of nitrogens with two attached hydrogens (primary N) is 2. The van der Waals surface area contributed by atoms with Gasteiger partial charge in [0.25, 0.3) is 5.91 Å². The van der Waals surface area contributed by atoms with Crippen molar-refractivity contribution in [2.45, 2.75) is 6.54 Å². The van der Waals surface area contributed by atoms with Gasteiger partial charge in [0, 0.05) is 17.1 Å². The van der Waals surface area contributed by atoms with Crippen LogP contribution in [0.3, 0.4) is 0 Å². The number of aromatic amines is 1. The lowest BCUT2D eigenvalue weighted by molar-refractivity contribution is -0.107. The van der Waals surface area contributed by atoms with Crippen molar-refractivity contribution in [3.63, 3.8) is 0 Å². The topological polar surface area (TPSA) is 117 Å². The molecule has 22 heavy (non-hydrogen) atoms. The average molecular weight is 322 g/mol. The summed E-state index contributed by atoms with van der Waals surface area (Å²) < 4.78 is 0. The molecule has 8 heteroatoms. The Hall–Kier alpha value is -2.35. The summed E-state index contributed by atoms with van der Waals surface area (Å²) in [7, 11) is 1.74. The molecule has 0 atom stereocenters. The fourth-order valence-corrected chi connectivity index (χ4v) is 2.47. The standard InChI is InChI=1S/C14H16ClN5O2/c1-18-6-10-11(13(16)22)14(20(17)7-21)19-12(10)8-3-2-4-9(15)5-8/h2-5,7,18-19H,6,17H2,1H3,(H2,16,22). The number of hydrogen-bond donors (Lipinski definition) is 4. The van der Waals surface area contributed by atoms with E-state index < -0.39 is 5.91 Å². The van der Waals surface area contributed by atoms with Crippen LogP contribution in [0.1, 0.15) is 15.9 Å². The van der Waals surface area contributed by atoms with E-state index in [9.17, 15) is 9.59 Å². The summed E-state index contributed by atoms with van der Waals surface area (Å²) in [5.41, 5.74) is 7.61. The van der Waals surface area contributed by atoms with Crippen LogP contribution in [0.25, 0.3) is 11.3 Å². The monoisotopic (exact) mass is 321 g/mol. The van der Waals surface area contributed by atoms with Crippen LogP contribution >= 0.6 is 11.6 Å². The number of aromatic nitrogens is 1. The number of amides is 2. The van der Waals surface area contributed by atoms with Gasteiger partial charge in [0.2, 0.25) is 6.41 Å². The van der Waals surface area contributed by atoms with Crippen LogP contribution in [0.2, 0.25) is 5.02 Å². The molecule has 0 saturated heterocycles. The number of nitrogens with one attached hydrogen (secondary N) is 2. The average Bonchev–Trinajstić information content (AvgIpc) is 2.86. The van der Waals surface area contributed by atoms with Gasteiger partial charge in [-0.15, -0.1) is 0 Å². The molecule has 0 aliphatic rings. The minimum Gasteiger partial charge on any atom is -0.365 e. The lowest BCUT2D eigenvalue weighted by atomic mass is 10.0. The number of hydrogen-bond acceptors (Lipinski definition) is 4. The Labute approximate surface area is 132 Å². The molecule has 6 N–H and O–H groups in total. The predicted molar refractivity (Wildman–Crippen MR) is 85.3 cm³/mol. The molecule has 2 aromatic rings. The number of primary amides is 1. The van der Waals surface area contributed by atoms with Crippen molar-refractivity contribution in [3.8, 4) is 11.3 Å². The highest BCUT2D eigenvalue weighted by Gasteiger charge is 2.24. The van der Waals surface area contributed by atoms with Crippen LogP contribution in [0.4, 0.5) is 5.82 Å². The molecule has 0 aliphatic carbocycles. The third-order valence-corrected chi connectivity index (χ3v) is 3.40. The Morgan fingerprint density at radius 1 is 1.50 bits per heavy atom. The van der Waals surface area contributed by atoms with Crippen molar-refractivity contribution >= 4 is 29.7 Å². The molecule has 2 rings (SSSR count). The number of rotatable bonds is 6. The highest BCUT2D eigenvalue weighted by atomic mass is 35.5. The number of carbonyl (C=O) groups is 2. The zero-order chi connectivity index (χ0) is 16.3. The smallest absolute Gasteiger partial charge is 0.252 e. The van der Waals surface area contributed by atoms with Crippen molar-refractivity contribution in [2.24, 2.45) is 11.6 Å². The first-order chi connectivity index (χ1) is 10.5. The first kappa shape index (κ1) is 16.0. The van der Waals surface area contributed by atoms with Crippen molar-refractivity contribution in [1.82, 2.24) is 10.3 Å². The molecule has 0 aliphatic heterocycles. The number of hydrazine groups is 1. The highest BCUT2D eigenvalue weighted by Crippen LogP contribution is 2.33. The SMILES string of the molecule is CNCc1c(-c2cccc(Cl)c2)[nH]c(N(N)C=O)c1C(N)=O. The largest absolute Gasteiger partial charge is 0.365 e. The maximum absolute atomic E-state index is 11.8. The van der Waals surface area contributed by atoms with Crippen LogP contribution in [0, 0.1) is 0 Å². The molecule has 0 fully saturated rings. The summed E-state index contributed by atoms with van der Waals surface area (Å²) in [6, 6.07) is 7.09. The van der Waals surface area contributed by atoms with Crippen molar-refractivity contribution in [2.75, 3.05) is 12.1 Å². The highest BCUT2D eigenvalue weighted by molar-refractivity contribution is 6.30. The fraction of sp³-hybridized carbons (Fsp3) is 0.143. The van der Waals surface area contributed by atoms with Gasteiger partial charge in [-0.2, -0.15) is 0 Å². The van der Waals surface area contributed by atoms with E-state index in [4.69, 9.17) is 23.2 Å². The van der Waals surface area contributed by atoms with E-state index in [0.29, 0.717) is 29.2 Å². The number of anilines is 1. The fourth-order valence-electron chi connectivity index (χ4n) is 2.28. The molecular formula is C14H16ClN5O2. The summed E-state index contributed by atoms with van der Waals surface area (Å²) in [5.74, 6) is 5.06. The number of H-pyrrole nitrogens is 1. The quantitative estimate of drug-likeness (QED) is 0.275. The molecule has 0 saturated carbocycles. The zero-order valence-electron chi connectivity index (χ0n) is 11.9. The van der Waals surface area contributed by atoms with E-state index in [1.54, 1.807) is 25.2 Å². The van der Waals surface area contributed by atoms with Gasteiger partial charge >= 0.3 is 0 Å². The summed E-state index contributed by atoms with van der Waals surface area (Å²) in [4.78, 5) is 25.7. The third-order valence-electron chi connectivity index (χ3n) is 3.17. The number of halogens is 1. The summed E-state index contributed by atoms with van der Waals surface area (Å²) in [6.45, 7) is 0.364. The van der Waals surface area contributed by atoms with Crippen LogP contribution in [0.15, 0.2) is 24.3 Å². The van der Waals surface area contributed by atoms with Crippen molar-refractivity contribution < 1.29 is 9.59 Å². The van der Waals surface area contributed by atoms with Gasteiger partial charge in [-0.3, -0.25) is 9.59 Å². The molecule has 1 heterocycles. The minimum atomic E-state index is -0.679. The lowest BCUT2D eigenvalue weighted by Gasteiger charge is -2.09.